The fourth-order valence-electron chi connectivity index (χ4n) is 4.35. The van der Waals surface area contributed by atoms with Crippen molar-refractivity contribution in [3.8, 4) is 5.75 Å². The number of amides is 1. The lowest BCUT2D eigenvalue weighted by Crippen LogP contribution is -2.46. The van der Waals surface area contributed by atoms with Crippen molar-refractivity contribution in [3.05, 3.63) is 29.8 Å². The van der Waals surface area contributed by atoms with Gasteiger partial charge in [0.05, 0.1) is 6.61 Å². The van der Waals surface area contributed by atoms with E-state index < -0.39 is 0 Å². The van der Waals surface area contributed by atoms with Gasteiger partial charge < -0.3 is 10.1 Å². The second-order valence-electron chi connectivity index (χ2n) is 8.06. The van der Waals surface area contributed by atoms with Crippen molar-refractivity contribution in [2.45, 2.75) is 76.8 Å². The zero-order valence-corrected chi connectivity index (χ0v) is 17.1. The SMILES string of the molecule is CCCCCOc1ccc(C(=O)CCC(=O)NC2CCN3CCCCC23)cc1. The van der Waals surface area contributed by atoms with E-state index in [0.717, 1.165) is 38.1 Å². The van der Waals surface area contributed by atoms with Crippen LogP contribution in [-0.2, 0) is 4.79 Å². The minimum atomic E-state index is 0.00153. The minimum absolute atomic E-state index is 0.00153. The fraction of sp³-hybridized carbons (Fsp3) is 0.652. The molecule has 2 saturated heterocycles. The Hall–Kier alpha value is -1.88. The standard InChI is InChI=1S/C23H34N2O3/c1-2-3-6-17-28-19-10-8-18(9-11-19)22(26)12-13-23(27)24-20-14-16-25-15-5-4-7-21(20)25/h8-11,20-21H,2-7,12-17H2,1H3,(H,24,27). The first-order chi connectivity index (χ1) is 13.7. The third kappa shape index (κ3) is 5.81. The summed E-state index contributed by atoms with van der Waals surface area (Å²) in [5, 5.41) is 3.17. The largest absolute Gasteiger partial charge is 0.494 e. The van der Waals surface area contributed by atoms with Crippen LogP contribution in [0.1, 0.15) is 75.1 Å². The number of hydrogen-bond donors (Lipinski definition) is 1. The molecule has 0 bridgehead atoms. The number of unbranched alkanes of at least 4 members (excludes halogenated alkanes) is 2. The summed E-state index contributed by atoms with van der Waals surface area (Å²) < 4.78 is 5.68. The maximum atomic E-state index is 12.4. The third-order valence-corrected chi connectivity index (χ3v) is 5.97. The number of carbonyl (C=O) groups is 2. The highest BCUT2D eigenvalue weighted by molar-refractivity contribution is 5.98. The number of carbonyl (C=O) groups excluding carboxylic acids is 2. The predicted molar refractivity (Wildman–Crippen MR) is 111 cm³/mol. The van der Waals surface area contributed by atoms with E-state index in [9.17, 15) is 9.59 Å². The molecule has 2 atom stereocenters. The Morgan fingerprint density at radius 1 is 1.07 bits per heavy atom. The molecule has 5 nitrogen and oxygen atoms in total. The van der Waals surface area contributed by atoms with E-state index in [2.05, 4.69) is 17.1 Å². The Balaban J connectivity index is 1.39. The highest BCUT2D eigenvalue weighted by Crippen LogP contribution is 2.27. The molecule has 28 heavy (non-hydrogen) atoms. The van der Waals surface area contributed by atoms with Gasteiger partial charge in [-0.15, -0.1) is 0 Å². The molecule has 2 unspecified atom stereocenters. The van der Waals surface area contributed by atoms with E-state index in [1.165, 1.54) is 25.7 Å². The van der Waals surface area contributed by atoms with Crippen LogP contribution in [0.15, 0.2) is 24.3 Å². The van der Waals surface area contributed by atoms with Gasteiger partial charge in [0, 0.05) is 37.0 Å². The first-order valence-corrected chi connectivity index (χ1v) is 11.0. The second kappa shape index (κ2) is 10.6. The highest BCUT2D eigenvalue weighted by atomic mass is 16.5. The maximum Gasteiger partial charge on any atom is 0.220 e. The van der Waals surface area contributed by atoms with Gasteiger partial charge in [0.25, 0.3) is 0 Å². The van der Waals surface area contributed by atoms with Gasteiger partial charge in [-0.25, -0.2) is 0 Å². The van der Waals surface area contributed by atoms with Crippen LogP contribution in [-0.4, -0.2) is 48.4 Å². The molecule has 2 aliphatic heterocycles. The van der Waals surface area contributed by atoms with Gasteiger partial charge in [0.1, 0.15) is 5.75 Å². The van der Waals surface area contributed by atoms with Crippen molar-refractivity contribution >= 4 is 11.7 Å². The third-order valence-electron chi connectivity index (χ3n) is 5.97. The zero-order valence-electron chi connectivity index (χ0n) is 17.1. The molecule has 0 aromatic heterocycles. The Kier molecular flexibility index (Phi) is 7.90. The topological polar surface area (TPSA) is 58.6 Å². The highest BCUT2D eigenvalue weighted by Gasteiger charge is 2.36. The molecule has 2 fully saturated rings. The average Bonchev–Trinajstić information content (AvgIpc) is 3.13. The van der Waals surface area contributed by atoms with Crippen molar-refractivity contribution in [3.63, 3.8) is 0 Å². The van der Waals surface area contributed by atoms with E-state index in [1.807, 2.05) is 12.1 Å². The van der Waals surface area contributed by atoms with Crippen LogP contribution in [0.25, 0.3) is 0 Å². The number of ketones is 1. The number of fused-ring (bicyclic) bond motifs is 1. The summed E-state index contributed by atoms with van der Waals surface area (Å²) in [6.45, 7) is 5.12. The van der Waals surface area contributed by atoms with Crippen LogP contribution in [0.3, 0.4) is 0 Å². The van der Waals surface area contributed by atoms with E-state index in [1.54, 1.807) is 12.1 Å². The molecule has 1 N–H and O–H groups in total. The second-order valence-corrected chi connectivity index (χ2v) is 8.06. The first-order valence-electron chi connectivity index (χ1n) is 11.0. The van der Waals surface area contributed by atoms with Crippen molar-refractivity contribution in [2.75, 3.05) is 19.7 Å². The van der Waals surface area contributed by atoms with Gasteiger partial charge in [0.15, 0.2) is 5.78 Å². The molecule has 154 valence electrons. The molecule has 0 radical (unpaired) electrons. The van der Waals surface area contributed by atoms with Crippen molar-refractivity contribution in [1.82, 2.24) is 10.2 Å². The molecule has 1 amide bonds. The van der Waals surface area contributed by atoms with E-state index in [0.29, 0.717) is 18.2 Å². The van der Waals surface area contributed by atoms with Gasteiger partial charge in [-0.05, 0) is 56.5 Å². The molecule has 5 heteroatoms. The van der Waals surface area contributed by atoms with Gasteiger partial charge in [-0.2, -0.15) is 0 Å². The lowest BCUT2D eigenvalue weighted by molar-refractivity contribution is -0.122. The molecular formula is C23H34N2O3. The predicted octanol–water partition coefficient (Wildman–Crippen LogP) is 3.96. The van der Waals surface area contributed by atoms with Crippen molar-refractivity contribution < 1.29 is 14.3 Å². The molecule has 3 rings (SSSR count). The van der Waals surface area contributed by atoms with Crippen LogP contribution in [0.2, 0.25) is 0 Å². The van der Waals surface area contributed by atoms with Gasteiger partial charge in [0.2, 0.25) is 5.91 Å². The Morgan fingerprint density at radius 3 is 2.68 bits per heavy atom. The number of rotatable bonds is 10. The fourth-order valence-corrected chi connectivity index (χ4v) is 4.35. The molecule has 1 aromatic rings. The number of nitrogens with zero attached hydrogens (tertiary/aromatic N) is 1. The molecule has 0 aliphatic carbocycles. The van der Waals surface area contributed by atoms with Gasteiger partial charge in [-0.1, -0.05) is 26.2 Å². The quantitative estimate of drug-likeness (QED) is 0.488. The molecule has 2 aliphatic rings. The summed E-state index contributed by atoms with van der Waals surface area (Å²) >= 11 is 0. The Morgan fingerprint density at radius 2 is 1.89 bits per heavy atom. The normalized spacial score (nSPS) is 21.9. The summed E-state index contributed by atoms with van der Waals surface area (Å²) in [6, 6.07) is 8.04. The number of hydrogen-bond acceptors (Lipinski definition) is 4. The lowest BCUT2D eigenvalue weighted by atomic mass is 9.99. The number of Topliss-reactive ketones (excluding diaryl/α,β-unsaturated/α-hetero) is 1. The van der Waals surface area contributed by atoms with E-state index in [-0.39, 0.29) is 30.6 Å². The lowest BCUT2D eigenvalue weighted by Gasteiger charge is -2.32. The van der Waals surface area contributed by atoms with Crippen LogP contribution < -0.4 is 10.1 Å². The van der Waals surface area contributed by atoms with Crippen LogP contribution in [0, 0.1) is 0 Å². The Bertz CT molecular complexity index is 644. The summed E-state index contributed by atoms with van der Waals surface area (Å²) in [6.07, 6.45) is 8.63. The summed E-state index contributed by atoms with van der Waals surface area (Å²) in [7, 11) is 0. The van der Waals surface area contributed by atoms with Crippen LogP contribution in [0.5, 0.6) is 5.75 Å². The summed E-state index contributed by atoms with van der Waals surface area (Å²) in [4.78, 5) is 27.2. The van der Waals surface area contributed by atoms with Crippen molar-refractivity contribution in [1.29, 1.82) is 0 Å². The monoisotopic (exact) mass is 386 g/mol. The van der Waals surface area contributed by atoms with Gasteiger partial charge in [-0.3, -0.25) is 14.5 Å². The van der Waals surface area contributed by atoms with E-state index in [4.69, 9.17) is 4.74 Å². The molecule has 0 saturated carbocycles. The average molecular weight is 387 g/mol. The van der Waals surface area contributed by atoms with Crippen LogP contribution >= 0.6 is 0 Å². The number of ether oxygens (including phenoxy) is 1. The number of piperidine rings is 1. The minimum Gasteiger partial charge on any atom is -0.494 e. The van der Waals surface area contributed by atoms with Crippen LogP contribution in [0.4, 0.5) is 0 Å². The molecule has 2 heterocycles. The first kappa shape index (κ1) is 20.8. The smallest absolute Gasteiger partial charge is 0.220 e. The van der Waals surface area contributed by atoms with Crippen molar-refractivity contribution in [2.24, 2.45) is 0 Å². The summed E-state index contributed by atoms with van der Waals surface area (Å²) in [5.74, 6) is 0.809. The number of benzene rings is 1. The number of nitrogens with one attached hydrogen (secondary N) is 1. The van der Waals surface area contributed by atoms with Gasteiger partial charge >= 0.3 is 0 Å². The molecule has 0 spiro atoms. The maximum absolute atomic E-state index is 12.4. The zero-order chi connectivity index (χ0) is 19.8. The molecular weight excluding hydrogens is 352 g/mol. The summed E-state index contributed by atoms with van der Waals surface area (Å²) in [5.41, 5.74) is 0.646. The molecule has 1 aromatic carbocycles. The van der Waals surface area contributed by atoms with E-state index >= 15 is 0 Å². The Labute approximate surface area is 168 Å².